The third-order valence-electron chi connectivity index (χ3n) is 4.34. The van der Waals surface area contributed by atoms with Gasteiger partial charge in [-0.15, -0.1) is 6.58 Å². The van der Waals surface area contributed by atoms with Gasteiger partial charge < -0.3 is 14.2 Å². The molecule has 0 radical (unpaired) electrons. The molecule has 1 aliphatic heterocycles. The van der Waals surface area contributed by atoms with Crippen molar-refractivity contribution in [3.63, 3.8) is 0 Å². The summed E-state index contributed by atoms with van der Waals surface area (Å²) in [7, 11) is 0. The molecule has 0 amide bonds. The van der Waals surface area contributed by atoms with Crippen LogP contribution in [0, 0.1) is 12.8 Å². The van der Waals surface area contributed by atoms with Gasteiger partial charge in [-0.1, -0.05) is 18.2 Å². The van der Waals surface area contributed by atoms with E-state index < -0.39 is 0 Å². The van der Waals surface area contributed by atoms with Crippen LogP contribution in [-0.4, -0.2) is 24.6 Å². The van der Waals surface area contributed by atoms with Gasteiger partial charge in [-0.25, -0.2) is 0 Å². The molecule has 2 aliphatic rings. The van der Waals surface area contributed by atoms with E-state index in [1.54, 1.807) is 6.08 Å². The van der Waals surface area contributed by atoms with Crippen LogP contribution >= 0.6 is 0 Å². The van der Waals surface area contributed by atoms with Crippen molar-refractivity contribution >= 4 is 5.78 Å². The van der Waals surface area contributed by atoms with Crippen molar-refractivity contribution in [2.45, 2.75) is 38.4 Å². The van der Waals surface area contributed by atoms with Gasteiger partial charge in [0.05, 0.1) is 18.6 Å². The van der Waals surface area contributed by atoms with Crippen LogP contribution in [0.1, 0.15) is 24.8 Å². The summed E-state index contributed by atoms with van der Waals surface area (Å²) >= 11 is 0. The molecule has 0 saturated heterocycles. The molecule has 1 aromatic carbocycles. The molecule has 122 valence electrons. The quantitative estimate of drug-likeness (QED) is 0.780. The van der Waals surface area contributed by atoms with Gasteiger partial charge in [-0.3, -0.25) is 4.79 Å². The highest BCUT2D eigenvalue weighted by atomic mass is 16.5. The molecule has 3 atom stereocenters. The van der Waals surface area contributed by atoms with Crippen LogP contribution in [0.2, 0.25) is 0 Å². The number of aryl methyl sites for hydroxylation is 1. The molecule has 1 saturated carbocycles. The minimum Gasteiger partial charge on any atom is -0.493 e. The number of benzene rings is 1. The standard InChI is InChI=1S/C19H22O4/c1-3-9-21-14-7-8-16-17(11-14)22-12-18(19(16)20)23-15-6-4-5-13(2)10-15/h3-6,10,12,14,16-17H,1,7-9,11H2,2H3. The molecule has 0 N–H and O–H groups in total. The molecule has 0 aromatic heterocycles. The summed E-state index contributed by atoms with van der Waals surface area (Å²) in [5, 5.41) is 0. The van der Waals surface area contributed by atoms with Gasteiger partial charge in [0.1, 0.15) is 18.1 Å². The third kappa shape index (κ3) is 3.64. The summed E-state index contributed by atoms with van der Waals surface area (Å²) in [6.45, 7) is 6.18. The highest BCUT2D eigenvalue weighted by molar-refractivity contribution is 5.96. The highest BCUT2D eigenvalue weighted by Gasteiger charge is 2.41. The molecule has 1 aliphatic carbocycles. The first-order valence-corrected chi connectivity index (χ1v) is 8.04. The van der Waals surface area contributed by atoms with Crippen LogP contribution < -0.4 is 4.74 Å². The van der Waals surface area contributed by atoms with Crippen LogP contribution in [0.5, 0.6) is 5.75 Å². The first kappa shape index (κ1) is 15.8. The summed E-state index contributed by atoms with van der Waals surface area (Å²) in [6, 6.07) is 7.64. The van der Waals surface area contributed by atoms with Crippen molar-refractivity contribution in [3.05, 3.63) is 54.5 Å². The second-order valence-electron chi connectivity index (χ2n) is 6.10. The smallest absolute Gasteiger partial charge is 0.207 e. The molecular weight excluding hydrogens is 292 g/mol. The molecule has 1 heterocycles. The Morgan fingerprint density at radius 3 is 3.04 bits per heavy atom. The first-order chi connectivity index (χ1) is 11.2. The van der Waals surface area contributed by atoms with E-state index in [-0.39, 0.29) is 23.9 Å². The normalized spacial score (nSPS) is 26.7. The summed E-state index contributed by atoms with van der Waals surface area (Å²) in [5.41, 5.74) is 1.09. The van der Waals surface area contributed by atoms with Crippen LogP contribution in [0.25, 0.3) is 0 Å². The molecule has 0 bridgehead atoms. The van der Waals surface area contributed by atoms with Gasteiger partial charge in [0, 0.05) is 6.42 Å². The zero-order valence-electron chi connectivity index (χ0n) is 13.4. The molecular formula is C19H22O4. The number of ketones is 1. The monoisotopic (exact) mass is 314 g/mol. The van der Waals surface area contributed by atoms with E-state index in [2.05, 4.69) is 6.58 Å². The maximum absolute atomic E-state index is 12.6. The van der Waals surface area contributed by atoms with Crippen LogP contribution in [-0.2, 0) is 14.3 Å². The summed E-state index contributed by atoms with van der Waals surface area (Å²) in [6.07, 6.45) is 5.58. The molecule has 4 heteroatoms. The maximum atomic E-state index is 12.6. The number of hydrogen-bond acceptors (Lipinski definition) is 4. The number of carbonyl (C=O) groups is 1. The van der Waals surface area contributed by atoms with Gasteiger partial charge in [-0.2, -0.15) is 0 Å². The predicted octanol–water partition coefficient (Wildman–Crippen LogP) is 3.55. The fourth-order valence-corrected chi connectivity index (χ4v) is 3.17. The van der Waals surface area contributed by atoms with E-state index in [1.807, 2.05) is 31.2 Å². The Labute approximate surface area is 136 Å². The zero-order valence-corrected chi connectivity index (χ0v) is 13.4. The summed E-state index contributed by atoms with van der Waals surface area (Å²) in [5.74, 6) is 0.852. The fourth-order valence-electron chi connectivity index (χ4n) is 3.17. The summed E-state index contributed by atoms with van der Waals surface area (Å²) < 4.78 is 17.2. The van der Waals surface area contributed by atoms with Gasteiger partial charge in [0.25, 0.3) is 0 Å². The summed E-state index contributed by atoms with van der Waals surface area (Å²) in [4.78, 5) is 12.6. The van der Waals surface area contributed by atoms with E-state index in [0.29, 0.717) is 18.1 Å². The lowest BCUT2D eigenvalue weighted by Crippen LogP contribution is -2.42. The number of hydrogen-bond donors (Lipinski definition) is 0. The van der Waals surface area contributed by atoms with Gasteiger partial charge in [0.2, 0.25) is 11.5 Å². The van der Waals surface area contributed by atoms with E-state index in [9.17, 15) is 4.79 Å². The Morgan fingerprint density at radius 2 is 2.26 bits per heavy atom. The molecule has 0 spiro atoms. The average molecular weight is 314 g/mol. The Bertz CT molecular complexity index is 620. The van der Waals surface area contributed by atoms with E-state index in [0.717, 1.165) is 24.8 Å². The van der Waals surface area contributed by atoms with Crippen molar-refractivity contribution in [3.8, 4) is 5.75 Å². The largest absolute Gasteiger partial charge is 0.493 e. The molecule has 1 fully saturated rings. The fraction of sp³-hybridized carbons (Fsp3) is 0.421. The lowest BCUT2D eigenvalue weighted by atomic mass is 9.80. The van der Waals surface area contributed by atoms with Crippen molar-refractivity contribution in [2.24, 2.45) is 5.92 Å². The van der Waals surface area contributed by atoms with E-state index in [1.165, 1.54) is 6.26 Å². The number of rotatable bonds is 5. The second kappa shape index (κ2) is 7.01. The number of allylic oxidation sites excluding steroid dienone is 1. The molecule has 3 rings (SSSR count). The number of carbonyl (C=O) groups excluding carboxylic acids is 1. The van der Waals surface area contributed by atoms with E-state index in [4.69, 9.17) is 14.2 Å². The second-order valence-corrected chi connectivity index (χ2v) is 6.10. The van der Waals surface area contributed by atoms with Gasteiger partial charge >= 0.3 is 0 Å². The zero-order chi connectivity index (χ0) is 16.2. The van der Waals surface area contributed by atoms with Crippen molar-refractivity contribution < 1.29 is 19.0 Å². The lowest BCUT2D eigenvalue weighted by Gasteiger charge is -2.37. The van der Waals surface area contributed by atoms with Crippen LogP contribution in [0.4, 0.5) is 0 Å². The lowest BCUT2D eigenvalue weighted by molar-refractivity contribution is -0.133. The molecule has 4 nitrogen and oxygen atoms in total. The maximum Gasteiger partial charge on any atom is 0.207 e. The van der Waals surface area contributed by atoms with E-state index >= 15 is 0 Å². The van der Waals surface area contributed by atoms with Crippen molar-refractivity contribution in [1.82, 2.24) is 0 Å². The number of fused-ring (bicyclic) bond motifs is 1. The first-order valence-electron chi connectivity index (χ1n) is 8.04. The predicted molar refractivity (Wildman–Crippen MR) is 87.0 cm³/mol. The van der Waals surface area contributed by atoms with Gasteiger partial charge in [0.15, 0.2) is 0 Å². The Hall–Kier alpha value is -2.07. The minimum absolute atomic E-state index is 0.0323. The molecule has 1 aromatic rings. The molecule has 23 heavy (non-hydrogen) atoms. The third-order valence-corrected chi connectivity index (χ3v) is 4.34. The Kier molecular flexibility index (Phi) is 4.82. The Morgan fingerprint density at radius 1 is 1.39 bits per heavy atom. The van der Waals surface area contributed by atoms with Crippen LogP contribution in [0.15, 0.2) is 48.9 Å². The average Bonchev–Trinajstić information content (AvgIpc) is 2.55. The minimum atomic E-state index is -0.136. The van der Waals surface area contributed by atoms with Crippen LogP contribution in [0.3, 0.4) is 0 Å². The SMILES string of the molecule is C=CCOC1CCC2C(=O)C(Oc3cccc(C)c3)=COC2C1. The number of Topliss-reactive ketones (excluding diaryl/α,β-unsaturated/α-hetero) is 1. The van der Waals surface area contributed by atoms with Crippen molar-refractivity contribution in [2.75, 3.05) is 6.61 Å². The highest BCUT2D eigenvalue weighted by Crippen LogP contribution is 2.35. The Balaban J connectivity index is 1.66. The topological polar surface area (TPSA) is 44.8 Å². The number of ether oxygens (including phenoxy) is 3. The molecule has 3 unspecified atom stereocenters. The van der Waals surface area contributed by atoms with Crippen molar-refractivity contribution in [1.29, 1.82) is 0 Å². The van der Waals surface area contributed by atoms with Gasteiger partial charge in [-0.05, 0) is 37.5 Å².